The van der Waals surface area contributed by atoms with E-state index in [1.165, 1.54) is 6.26 Å². The third-order valence-corrected chi connectivity index (χ3v) is 4.94. The van der Waals surface area contributed by atoms with E-state index in [1.54, 1.807) is 21.5 Å². The van der Waals surface area contributed by atoms with E-state index in [1.807, 2.05) is 36.5 Å². The number of hydrogen-bond donors (Lipinski definition) is 0. The SMILES string of the molecule is O=C(c1ccco1)N1CCOC(c2nnn3cc(-c4ccccc4)ccc23)C1. The van der Waals surface area contributed by atoms with Crippen LogP contribution in [0.15, 0.2) is 71.5 Å². The maximum atomic E-state index is 12.6. The lowest BCUT2D eigenvalue weighted by molar-refractivity contribution is -0.0250. The molecule has 0 N–H and O–H groups in total. The fourth-order valence-electron chi connectivity index (χ4n) is 3.50. The van der Waals surface area contributed by atoms with Crippen molar-refractivity contribution in [1.29, 1.82) is 0 Å². The molecular weight excluding hydrogens is 356 g/mol. The number of amides is 1. The number of furan rings is 1. The van der Waals surface area contributed by atoms with Crippen LogP contribution in [0.25, 0.3) is 16.6 Å². The predicted octanol–water partition coefficient (Wildman–Crippen LogP) is 3.20. The zero-order chi connectivity index (χ0) is 18.9. The molecule has 0 aliphatic carbocycles. The first-order valence-electron chi connectivity index (χ1n) is 9.14. The average Bonchev–Trinajstić information content (AvgIpc) is 3.43. The summed E-state index contributed by atoms with van der Waals surface area (Å²) in [5.41, 5.74) is 3.78. The molecule has 1 amide bonds. The summed E-state index contributed by atoms with van der Waals surface area (Å²) >= 11 is 0. The highest BCUT2D eigenvalue weighted by Crippen LogP contribution is 2.27. The Morgan fingerprint density at radius 2 is 1.93 bits per heavy atom. The van der Waals surface area contributed by atoms with Gasteiger partial charge in [0.15, 0.2) is 5.76 Å². The van der Waals surface area contributed by atoms with Crippen LogP contribution in [0.1, 0.15) is 22.4 Å². The maximum Gasteiger partial charge on any atom is 0.289 e. The van der Waals surface area contributed by atoms with Gasteiger partial charge in [-0.05, 0) is 23.8 Å². The quantitative estimate of drug-likeness (QED) is 0.551. The minimum absolute atomic E-state index is 0.138. The highest BCUT2D eigenvalue weighted by molar-refractivity contribution is 5.91. The van der Waals surface area contributed by atoms with Crippen molar-refractivity contribution in [2.75, 3.05) is 19.7 Å². The first-order valence-corrected chi connectivity index (χ1v) is 9.14. The smallest absolute Gasteiger partial charge is 0.289 e. The third-order valence-electron chi connectivity index (χ3n) is 4.94. The van der Waals surface area contributed by atoms with Crippen LogP contribution in [-0.2, 0) is 4.74 Å². The standard InChI is InChI=1S/C21H18N4O3/c26-21(18-7-4-11-27-18)24-10-12-28-19(14-24)20-17-9-8-16(13-25(17)23-22-20)15-5-2-1-3-6-15/h1-9,11,13,19H,10,12,14H2. The summed E-state index contributed by atoms with van der Waals surface area (Å²) in [5, 5.41) is 8.60. The van der Waals surface area contributed by atoms with Gasteiger partial charge in [0.25, 0.3) is 5.91 Å². The third kappa shape index (κ3) is 2.95. The molecule has 7 nitrogen and oxygen atoms in total. The van der Waals surface area contributed by atoms with Crippen molar-refractivity contribution in [3.63, 3.8) is 0 Å². The minimum atomic E-state index is -0.326. The Kier molecular flexibility index (Phi) is 4.14. The Morgan fingerprint density at radius 1 is 1.04 bits per heavy atom. The van der Waals surface area contributed by atoms with Crippen LogP contribution in [0.3, 0.4) is 0 Å². The molecule has 1 aromatic carbocycles. The molecule has 0 bridgehead atoms. The first-order chi connectivity index (χ1) is 13.8. The van der Waals surface area contributed by atoms with Crippen LogP contribution in [0.2, 0.25) is 0 Å². The van der Waals surface area contributed by atoms with Gasteiger partial charge in [-0.3, -0.25) is 4.79 Å². The number of ether oxygens (including phenoxy) is 1. The van der Waals surface area contributed by atoms with E-state index in [-0.39, 0.29) is 12.0 Å². The molecule has 0 saturated carbocycles. The molecule has 1 atom stereocenters. The lowest BCUT2D eigenvalue weighted by atomic mass is 10.1. The van der Waals surface area contributed by atoms with Gasteiger partial charge in [0, 0.05) is 18.3 Å². The Hall–Kier alpha value is -3.45. The summed E-state index contributed by atoms with van der Waals surface area (Å²) in [7, 11) is 0. The van der Waals surface area contributed by atoms with Crippen molar-refractivity contribution >= 4 is 11.4 Å². The minimum Gasteiger partial charge on any atom is -0.459 e. The van der Waals surface area contributed by atoms with Crippen LogP contribution < -0.4 is 0 Å². The van der Waals surface area contributed by atoms with Crippen molar-refractivity contribution in [1.82, 2.24) is 19.7 Å². The van der Waals surface area contributed by atoms with Crippen molar-refractivity contribution in [2.45, 2.75) is 6.10 Å². The summed E-state index contributed by atoms with van der Waals surface area (Å²) in [4.78, 5) is 14.3. The van der Waals surface area contributed by atoms with Gasteiger partial charge in [-0.2, -0.15) is 0 Å². The summed E-state index contributed by atoms with van der Waals surface area (Å²) in [6.45, 7) is 1.37. The van der Waals surface area contributed by atoms with E-state index in [0.717, 1.165) is 22.3 Å². The van der Waals surface area contributed by atoms with Crippen molar-refractivity contribution in [3.05, 3.63) is 78.5 Å². The van der Waals surface area contributed by atoms with Gasteiger partial charge in [0.2, 0.25) is 0 Å². The van der Waals surface area contributed by atoms with E-state index < -0.39 is 0 Å². The first kappa shape index (κ1) is 16.7. The number of carbonyl (C=O) groups is 1. The van der Waals surface area contributed by atoms with Gasteiger partial charge in [-0.15, -0.1) is 5.10 Å². The van der Waals surface area contributed by atoms with Crippen molar-refractivity contribution in [3.8, 4) is 11.1 Å². The molecule has 4 heterocycles. The van der Waals surface area contributed by atoms with Crippen molar-refractivity contribution < 1.29 is 13.9 Å². The van der Waals surface area contributed by atoms with Gasteiger partial charge < -0.3 is 14.1 Å². The van der Waals surface area contributed by atoms with E-state index >= 15 is 0 Å². The molecule has 7 heteroatoms. The molecule has 0 spiro atoms. The van der Waals surface area contributed by atoms with Crippen LogP contribution >= 0.6 is 0 Å². The molecular formula is C21H18N4O3. The molecule has 1 aliphatic heterocycles. The number of aromatic nitrogens is 3. The number of hydrogen-bond acceptors (Lipinski definition) is 5. The van der Waals surface area contributed by atoms with E-state index in [0.29, 0.717) is 25.5 Å². The number of nitrogens with zero attached hydrogens (tertiary/aromatic N) is 4. The second-order valence-electron chi connectivity index (χ2n) is 6.68. The summed E-state index contributed by atoms with van der Waals surface area (Å²) in [5.74, 6) is 0.196. The lowest BCUT2D eigenvalue weighted by Crippen LogP contribution is -2.42. The number of carbonyl (C=O) groups excluding carboxylic acids is 1. The molecule has 140 valence electrons. The Balaban J connectivity index is 1.42. The second kappa shape index (κ2) is 6.94. The van der Waals surface area contributed by atoms with Crippen LogP contribution in [-0.4, -0.2) is 45.3 Å². The fourth-order valence-corrected chi connectivity index (χ4v) is 3.50. The van der Waals surface area contributed by atoms with Gasteiger partial charge in [0.05, 0.1) is 24.9 Å². The zero-order valence-electron chi connectivity index (χ0n) is 15.1. The lowest BCUT2D eigenvalue weighted by Gasteiger charge is -2.31. The number of fused-ring (bicyclic) bond motifs is 1. The number of pyridine rings is 1. The van der Waals surface area contributed by atoms with Gasteiger partial charge in [0.1, 0.15) is 11.8 Å². The van der Waals surface area contributed by atoms with E-state index in [2.05, 4.69) is 22.4 Å². The maximum absolute atomic E-state index is 12.6. The molecule has 3 aromatic heterocycles. The van der Waals surface area contributed by atoms with Crippen LogP contribution in [0.5, 0.6) is 0 Å². The van der Waals surface area contributed by atoms with Gasteiger partial charge in [-0.1, -0.05) is 41.6 Å². The topological polar surface area (TPSA) is 72.9 Å². The van der Waals surface area contributed by atoms with Crippen LogP contribution in [0, 0.1) is 0 Å². The fraction of sp³-hybridized carbons (Fsp3) is 0.190. The van der Waals surface area contributed by atoms with E-state index in [9.17, 15) is 4.79 Å². The second-order valence-corrected chi connectivity index (χ2v) is 6.68. The summed E-state index contributed by atoms with van der Waals surface area (Å²) in [6, 6.07) is 17.5. The highest BCUT2D eigenvalue weighted by atomic mass is 16.5. The Bertz CT molecular complexity index is 1110. The van der Waals surface area contributed by atoms with Gasteiger partial charge in [-0.25, -0.2) is 4.52 Å². The molecule has 5 rings (SSSR count). The van der Waals surface area contributed by atoms with Gasteiger partial charge >= 0.3 is 0 Å². The molecule has 1 fully saturated rings. The number of morpholine rings is 1. The molecule has 1 aliphatic rings. The normalized spacial score (nSPS) is 17.1. The highest BCUT2D eigenvalue weighted by Gasteiger charge is 2.30. The molecule has 1 saturated heterocycles. The number of benzene rings is 1. The van der Waals surface area contributed by atoms with E-state index in [4.69, 9.17) is 9.15 Å². The average molecular weight is 374 g/mol. The molecule has 4 aromatic rings. The largest absolute Gasteiger partial charge is 0.459 e. The number of rotatable bonds is 3. The van der Waals surface area contributed by atoms with Crippen molar-refractivity contribution in [2.24, 2.45) is 0 Å². The monoisotopic (exact) mass is 374 g/mol. The predicted molar refractivity (Wildman–Crippen MR) is 102 cm³/mol. The molecule has 1 unspecified atom stereocenters. The summed E-state index contributed by atoms with van der Waals surface area (Å²) in [6.07, 6.45) is 3.13. The zero-order valence-corrected chi connectivity index (χ0v) is 15.1. The Labute approximate surface area is 161 Å². The summed E-state index contributed by atoms with van der Waals surface area (Å²) < 4.78 is 12.9. The molecule has 28 heavy (non-hydrogen) atoms. The Morgan fingerprint density at radius 3 is 2.75 bits per heavy atom. The molecule has 0 radical (unpaired) electrons. The van der Waals surface area contributed by atoms with Crippen LogP contribution in [0.4, 0.5) is 0 Å².